The van der Waals surface area contributed by atoms with E-state index in [4.69, 9.17) is 15.3 Å². The first-order valence-corrected chi connectivity index (χ1v) is 4.88. The number of rotatable bonds is 4. The Labute approximate surface area is 87.8 Å². The summed E-state index contributed by atoms with van der Waals surface area (Å²) in [7, 11) is 0. The first kappa shape index (κ1) is 10.1. The van der Waals surface area contributed by atoms with Crippen LogP contribution in [0.2, 0.25) is 0 Å². The summed E-state index contributed by atoms with van der Waals surface area (Å²) in [4.78, 5) is 7.93. The van der Waals surface area contributed by atoms with Crippen LogP contribution >= 0.6 is 0 Å². The second-order valence-electron chi connectivity index (χ2n) is 3.40. The topological polar surface area (TPSA) is 82.3 Å². The van der Waals surface area contributed by atoms with Crippen molar-refractivity contribution < 1.29 is 9.47 Å². The molecule has 1 unspecified atom stereocenters. The Balaban J connectivity index is 1.86. The Bertz CT molecular complexity index is 315. The van der Waals surface area contributed by atoms with Gasteiger partial charge in [0.25, 0.3) is 0 Å². The number of hydrazine groups is 1. The summed E-state index contributed by atoms with van der Waals surface area (Å²) < 4.78 is 10.8. The second kappa shape index (κ2) is 4.90. The Morgan fingerprint density at radius 2 is 2.60 bits per heavy atom. The molecule has 1 aliphatic heterocycles. The van der Waals surface area contributed by atoms with E-state index in [1.807, 2.05) is 0 Å². The molecule has 1 aromatic heterocycles. The minimum absolute atomic E-state index is 0.357. The lowest BCUT2D eigenvalue weighted by Crippen LogP contribution is -2.14. The molecule has 1 aliphatic rings. The van der Waals surface area contributed by atoms with Gasteiger partial charge in [-0.1, -0.05) is 0 Å². The first-order valence-electron chi connectivity index (χ1n) is 4.88. The summed E-state index contributed by atoms with van der Waals surface area (Å²) in [5.74, 6) is 6.54. The van der Waals surface area contributed by atoms with Crippen molar-refractivity contribution in [3.8, 4) is 5.88 Å². The largest absolute Gasteiger partial charge is 0.477 e. The number of hydrogen-bond acceptors (Lipinski definition) is 6. The monoisotopic (exact) mass is 210 g/mol. The van der Waals surface area contributed by atoms with E-state index in [9.17, 15) is 0 Å². The van der Waals surface area contributed by atoms with Crippen molar-refractivity contribution in [1.82, 2.24) is 9.97 Å². The summed E-state index contributed by atoms with van der Waals surface area (Å²) in [5, 5.41) is 0. The summed E-state index contributed by atoms with van der Waals surface area (Å²) >= 11 is 0. The molecule has 6 nitrogen and oxygen atoms in total. The Hall–Kier alpha value is -1.40. The van der Waals surface area contributed by atoms with Crippen LogP contribution in [0.25, 0.3) is 0 Å². The zero-order valence-corrected chi connectivity index (χ0v) is 8.35. The molecule has 2 rings (SSSR count). The van der Waals surface area contributed by atoms with Gasteiger partial charge in [0.05, 0.1) is 13.2 Å². The number of nitrogens with zero attached hydrogens (tertiary/aromatic N) is 2. The molecule has 1 atom stereocenters. The van der Waals surface area contributed by atoms with E-state index in [1.54, 1.807) is 12.3 Å². The van der Waals surface area contributed by atoms with Gasteiger partial charge in [0.2, 0.25) is 11.8 Å². The predicted molar refractivity (Wildman–Crippen MR) is 54.3 cm³/mol. The number of hydrogen-bond donors (Lipinski definition) is 2. The molecule has 0 amide bonds. The van der Waals surface area contributed by atoms with Crippen LogP contribution in [0.1, 0.15) is 6.42 Å². The van der Waals surface area contributed by atoms with Gasteiger partial charge in [-0.15, -0.1) is 0 Å². The molecule has 0 aliphatic carbocycles. The molecule has 1 aromatic rings. The average Bonchev–Trinajstić information content (AvgIpc) is 2.79. The van der Waals surface area contributed by atoms with Crippen LogP contribution in [-0.4, -0.2) is 29.8 Å². The lowest BCUT2D eigenvalue weighted by molar-refractivity contribution is 0.165. The van der Waals surface area contributed by atoms with Gasteiger partial charge >= 0.3 is 0 Å². The smallest absolute Gasteiger partial charge is 0.240 e. The molecular formula is C9H14N4O2. The molecule has 0 bridgehead atoms. The van der Waals surface area contributed by atoms with E-state index in [2.05, 4.69) is 15.4 Å². The van der Waals surface area contributed by atoms with Crippen LogP contribution in [0.3, 0.4) is 0 Å². The SMILES string of the molecule is NNc1nccc(OCC2CCOC2)n1. The van der Waals surface area contributed by atoms with Crippen LogP contribution in [0.4, 0.5) is 5.95 Å². The molecule has 6 heteroatoms. The standard InChI is InChI=1S/C9H14N4O2/c10-13-9-11-3-1-8(12-9)15-6-7-2-4-14-5-7/h1,3,7H,2,4-6,10H2,(H,11,12,13). The fourth-order valence-corrected chi connectivity index (χ4v) is 1.41. The minimum Gasteiger partial charge on any atom is -0.477 e. The van der Waals surface area contributed by atoms with Crippen LogP contribution in [0.15, 0.2) is 12.3 Å². The van der Waals surface area contributed by atoms with E-state index in [-0.39, 0.29) is 0 Å². The molecule has 0 spiro atoms. The second-order valence-corrected chi connectivity index (χ2v) is 3.40. The van der Waals surface area contributed by atoms with Crippen LogP contribution in [0.5, 0.6) is 5.88 Å². The number of nitrogens with two attached hydrogens (primary N) is 1. The third-order valence-corrected chi connectivity index (χ3v) is 2.25. The Kier molecular flexibility index (Phi) is 3.31. The highest BCUT2D eigenvalue weighted by Crippen LogP contribution is 2.14. The molecule has 2 heterocycles. The van der Waals surface area contributed by atoms with Crippen molar-refractivity contribution in [2.45, 2.75) is 6.42 Å². The highest BCUT2D eigenvalue weighted by Gasteiger charge is 2.16. The highest BCUT2D eigenvalue weighted by molar-refractivity contribution is 5.25. The van der Waals surface area contributed by atoms with E-state index in [1.165, 1.54) is 0 Å². The normalized spacial score (nSPS) is 20.2. The fourth-order valence-electron chi connectivity index (χ4n) is 1.41. The molecule has 0 aromatic carbocycles. The van der Waals surface area contributed by atoms with Gasteiger partial charge in [0.15, 0.2) is 0 Å². The molecule has 1 fully saturated rings. The molecular weight excluding hydrogens is 196 g/mol. The molecule has 1 saturated heterocycles. The highest BCUT2D eigenvalue weighted by atomic mass is 16.5. The van der Waals surface area contributed by atoms with Crippen LogP contribution in [-0.2, 0) is 4.74 Å². The van der Waals surface area contributed by atoms with Gasteiger partial charge in [0.1, 0.15) is 0 Å². The number of anilines is 1. The van der Waals surface area contributed by atoms with Gasteiger partial charge < -0.3 is 9.47 Å². The first-order chi connectivity index (χ1) is 7.38. The van der Waals surface area contributed by atoms with E-state index in [0.717, 1.165) is 19.6 Å². The zero-order chi connectivity index (χ0) is 10.5. The third-order valence-electron chi connectivity index (χ3n) is 2.25. The quantitative estimate of drug-likeness (QED) is 0.545. The van der Waals surface area contributed by atoms with Crippen molar-refractivity contribution in [1.29, 1.82) is 0 Å². The fraction of sp³-hybridized carbons (Fsp3) is 0.556. The average molecular weight is 210 g/mol. The zero-order valence-electron chi connectivity index (χ0n) is 8.35. The van der Waals surface area contributed by atoms with Gasteiger partial charge in [-0.05, 0) is 6.42 Å². The van der Waals surface area contributed by atoms with Crippen LogP contribution in [0, 0.1) is 5.92 Å². The molecule has 0 saturated carbocycles. The Morgan fingerprint density at radius 1 is 1.67 bits per heavy atom. The van der Waals surface area contributed by atoms with Crippen LogP contribution < -0.4 is 16.0 Å². The van der Waals surface area contributed by atoms with Gasteiger partial charge in [0, 0.05) is 24.8 Å². The van der Waals surface area contributed by atoms with Gasteiger partial charge in [-0.25, -0.2) is 10.8 Å². The van der Waals surface area contributed by atoms with Gasteiger partial charge in [-0.2, -0.15) is 4.98 Å². The third kappa shape index (κ3) is 2.77. The summed E-state index contributed by atoms with van der Waals surface area (Å²) in [5.41, 5.74) is 2.37. The van der Waals surface area contributed by atoms with Crippen molar-refractivity contribution in [2.24, 2.45) is 11.8 Å². The number of nitrogen functional groups attached to an aromatic ring is 1. The summed E-state index contributed by atoms with van der Waals surface area (Å²) in [6.07, 6.45) is 2.65. The van der Waals surface area contributed by atoms with Crippen molar-refractivity contribution >= 4 is 5.95 Å². The number of aromatic nitrogens is 2. The maximum Gasteiger partial charge on any atom is 0.240 e. The van der Waals surface area contributed by atoms with E-state index >= 15 is 0 Å². The Morgan fingerprint density at radius 3 is 3.33 bits per heavy atom. The summed E-state index contributed by atoms with van der Waals surface area (Å²) in [6.45, 7) is 2.22. The maximum atomic E-state index is 5.51. The van der Waals surface area contributed by atoms with E-state index < -0.39 is 0 Å². The van der Waals surface area contributed by atoms with Crippen molar-refractivity contribution in [3.63, 3.8) is 0 Å². The van der Waals surface area contributed by atoms with E-state index in [0.29, 0.717) is 24.4 Å². The lowest BCUT2D eigenvalue weighted by Gasteiger charge is -2.09. The number of nitrogens with one attached hydrogen (secondary N) is 1. The molecule has 0 radical (unpaired) electrons. The molecule has 82 valence electrons. The molecule has 3 N–H and O–H groups in total. The molecule has 15 heavy (non-hydrogen) atoms. The van der Waals surface area contributed by atoms with Gasteiger partial charge in [-0.3, -0.25) is 5.43 Å². The number of ether oxygens (including phenoxy) is 2. The maximum absolute atomic E-state index is 5.51. The lowest BCUT2D eigenvalue weighted by atomic mass is 10.1. The predicted octanol–water partition coefficient (Wildman–Crippen LogP) is 0.177. The minimum atomic E-state index is 0.357. The summed E-state index contributed by atoms with van der Waals surface area (Å²) in [6, 6.07) is 1.71. The van der Waals surface area contributed by atoms with Crippen molar-refractivity contribution in [2.75, 3.05) is 25.2 Å². The van der Waals surface area contributed by atoms with Crippen molar-refractivity contribution in [3.05, 3.63) is 12.3 Å².